The van der Waals surface area contributed by atoms with Crippen LogP contribution in [0.2, 0.25) is 0 Å². The van der Waals surface area contributed by atoms with Crippen LogP contribution >= 0.6 is 11.3 Å². The van der Waals surface area contributed by atoms with E-state index in [2.05, 4.69) is 5.32 Å². The fourth-order valence-corrected chi connectivity index (χ4v) is 2.98. The first kappa shape index (κ1) is 15.7. The van der Waals surface area contributed by atoms with Gasteiger partial charge in [0.2, 0.25) is 0 Å². The first-order chi connectivity index (χ1) is 10.3. The van der Waals surface area contributed by atoms with Crippen molar-refractivity contribution in [2.24, 2.45) is 0 Å². The van der Waals surface area contributed by atoms with Gasteiger partial charge < -0.3 is 15.2 Å². The van der Waals surface area contributed by atoms with E-state index in [1.165, 1.54) is 11.3 Å². The average Bonchev–Trinajstić information content (AvgIpc) is 2.96. The van der Waals surface area contributed by atoms with Gasteiger partial charge in [0.1, 0.15) is 0 Å². The number of thiophene rings is 1. The molecule has 0 fully saturated rings. The van der Waals surface area contributed by atoms with Crippen LogP contribution in [0.4, 0.5) is 0 Å². The van der Waals surface area contributed by atoms with Crippen LogP contribution < -0.4 is 5.32 Å². The van der Waals surface area contributed by atoms with Crippen molar-refractivity contribution in [1.29, 1.82) is 0 Å². The Morgan fingerprint density at radius 1 is 1.33 bits per heavy atom. The molecule has 0 saturated heterocycles. The van der Waals surface area contributed by atoms with E-state index in [1.54, 1.807) is 7.11 Å². The van der Waals surface area contributed by atoms with E-state index in [9.17, 15) is 9.90 Å². The molecule has 1 atom stereocenters. The van der Waals surface area contributed by atoms with Gasteiger partial charge in [-0.15, -0.1) is 11.3 Å². The largest absolute Gasteiger partial charge is 0.396 e. The predicted molar refractivity (Wildman–Crippen MR) is 83.4 cm³/mol. The number of nitrogens with one attached hydrogen (secondary N) is 1. The number of carbonyl (C=O) groups excluding carboxylic acids is 1. The van der Waals surface area contributed by atoms with E-state index in [0.29, 0.717) is 17.9 Å². The van der Waals surface area contributed by atoms with Crippen molar-refractivity contribution < 1.29 is 14.6 Å². The molecule has 2 N–H and O–H groups in total. The fourth-order valence-electron chi connectivity index (χ4n) is 2.16. The normalized spacial score (nSPS) is 12.1. The molecule has 2 rings (SSSR count). The third kappa shape index (κ3) is 4.14. The second kappa shape index (κ2) is 7.93. The van der Waals surface area contributed by atoms with Gasteiger partial charge >= 0.3 is 0 Å². The van der Waals surface area contributed by atoms with Crippen LogP contribution in [0, 0.1) is 0 Å². The van der Waals surface area contributed by atoms with Gasteiger partial charge in [-0.1, -0.05) is 30.3 Å². The highest BCUT2D eigenvalue weighted by molar-refractivity contribution is 7.12. The summed E-state index contributed by atoms with van der Waals surface area (Å²) in [5.74, 6) is -0.126. The third-order valence-corrected chi connectivity index (χ3v) is 4.13. The number of carbonyl (C=O) groups is 1. The Morgan fingerprint density at radius 2 is 2.10 bits per heavy atom. The molecule has 5 heteroatoms. The molecule has 1 amide bonds. The molecule has 0 radical (unpaired) electrons. The zero-order valence-electron chi connectivity index (χ0n) is 11.9. The zero-order chi connectivity index (χ0) is 15.1. The number of amides is 1. The van der Waals surface area contributed by atoms with Crippen LogP contribution in [0.3, 0.4) is 0 Å². The smallest absolute Gasteiger partial charge is 0.262 e. The van der Waals surface area contributed by atoms with Crippen LogP contribution in [0.1, 0.15) is 33.3 Å². The number of aliphatic hydroxyl groups excluding tert-OH is 1. The Kier molecular flexibility index (Phi) is 5.92. The van der Waals surface area contributed by atoms with Crippen LogP contribution in [0.15, 0.2) is 41.8 Å². The summed E-state index contributed by atoms with van der Waals surface area (Å²) in [7, 11) is 1.61. The lowest BCUT2D eigenvalue weighted by atomic mass is 10.0. The monoisotopic (exact) mass is 305 g/mol. The van der Waals surface area contributed by atoms with Crippen molar-refractivity contribution in [3.05, 3.63) is 57.8 Å². The van der Waals surface area contributed by atoms with Crippen molar-refractivity contribution in [2.45, 2.75) is 19.1 Å². The summed E-state index contributed by atoms with van der Waals surface area (Å²) in [5.41, 5.74) is 1.88. The molecule has 4 nitrogen and oxygen atoms in total. The molecule has 1 unspecified atom stereocenters. The van der Waals surface area contributed by atoms with Gasteiger partial charge in [-0.25, -0.2) is 0 Å². The highest BCUT2D eigenvalue weighted by atomic mass is 32.1. The SMILES string of the molecule is COCc1ccsc1C(=O)NC(CCO)c1ccccc1. The summed E-state index contributed by atoms with van der Waals surface area (Å²) in [6.45, 7) is 0.442. The fraction of sp³-hybridized carbons (Fsp3) is 0.312. The third-order valence-electron chi connectivity index (χ3n) is 3.18. The Labute approximate surface area is 128 Å². The van der Waals surface area contributed by atoms with Gasteiger partial charge in [-0.05, 0) is 23.4 Å². The second-order valence-corrected chi connectivity index (χ2v) is 5.57. The minimum atomic E-state index is -0.193. The molecule has 1 aromatic carbocycles. The van der Waals surface area contributed by atoms with Crippen molar-refractivity contribution in [2.75, 3.05) is 13.7 Å². The van der Waals surface area contributed by atoms with E-state index in [1.807, 2.05) is 41.8 Å². The van der Waals surface area contributed by atoms with Gasteiger partial charge in [0, 0.05) is 19.3 Å². The lowest BCUT2D eigenvalue weighted by Gasteiger charge is -2.18. The lowest BCUT2D eigenvalue weighted by Crippen LogP contribution is -2.29. The summed E-state index contributed by atoms with van der Waals surface area (Å²) in [6.07, 6.45) is 0.487. The summed E-state index contributed by atoms with van der Waals surface area (Å²) < 4.78 is 5.10. The molecule has 21 heavy (non-hydrogen) atoms. The molecule has 2 aromatic rings. The van der Waals surface area contributed by atoms with Crippen LogP contribution in [0.25, 0.3) is 0 Å². The number of ether oxygens (including phenoxy) is 1. The topological polar surface area (TPSA) is 58.6 Å². The molecule has 0 aliphatic rings. The van der Waals surface area contributed by atoms with Gasteiger partial charge in [0.25, 0.3) is 5.91 Å². The molecule has 1 heterocycles. The Hall–Kier alpha value is -1.69. The number of benzene rings is 1. The summed E-state index contributed by atoms with van der Waals surface area (Å²) in [6, 6.07) is 11.4. The van der Waals surface area contributed by atoms with Crippen molar-refractivity contribution in [3.8, 4) is 0 Å². The quantitative estimate of drug-likeness (QED) is 0.827. The Bertz CT molecular complexity index is 568. The Balaban J connectivity index is 2.13. The summed E-state index contributed by atoms with van der Waals surface area (Å²) in [5, 5.41) is 14.1. The standard InChI is InChI=1S/C16H19NO3S/c1-20-11-13-8-10-21-15(13)16(19)17-14(7-9-18)12-5-3-2-4-6-12/h2-6,8,10,14,18H,7,9,11H2,1H3,(H,17,19). The number of hydrogen-bond donors (Lipinski definition) is 2. The van der Waals surface area contributed by atoms with Crippen LogP contribution in [-0.2, 0) is 11.3 Å². The summed E-state index contributed by atoms with van der Waals surface area (Å²) >= 11 is 1.40. The lowest BCUT2D eigenvalue weighted by molar-refractivity contribution is 0.0929. The number of aliphatic hydroxyl groups is 1. The van der Waals surface area contributed by atoms with Crippen LogP contribution in [0.5, 0.6) is 0 Å². The van der Waals surface area contributed by atoms with E-state index in [0.717, 1.165) is 11.1 Å². The minimum Gasteiger partial charge on any atom is -0.396 e. The molecule has 0 saturated carbocycles. The minimum absolute atomic E-state index is 0.0230. The molecule has 112 valence electrons. The predicted octanol–water partition coefficient (Wildman–Crippen LogP) is 2.75. The highest BCUT2D eigenvalue weighted by Crippen LogP contribution is 2.21. The highest BCUT2D eigenvalue weighted by Gasteiger charge is 2.18. The van der Waals surface area contributed by atoms with Gasteiger partial charge in [0.05, 0.1) is 17.5 Å². The first-order valence-electron chi connectivity index (χ1n) is 6.78. The number of rotatable bonds is 7. The summed E-state index contributed by atoms with van der Waals surface area (Å²) in [4.78, 5) is 13.1. The van der Waals surface area contributed by atoms with Crippen molar-refractivity contribution in [3.63, 3.8) is 0 Å². The van der Waals surface area contributed by atoms with E-state index < -0.39 is 0 Å². The molecular formula is C16H19NO3S. The molecule has 0 bridgehead atoms. The van der Waals surface area contributed by atoms with Crippen molar-refractivity contribution >= 4 is 17.2 Å². The number of hydrogen-bond acceptors (Lipinski definition) is 4. The van der Waals surface area contributed by atoms with Gasteiger partial charge in [-0.2, -0.15) is 0 Å². The van der Waals surface area contributed by atoms with E-state index >= 15 is 0 Å². The van der Waals surface area contributed by atoms with E-state index in [-0.39, 0.29) is 18.6 Å². The molecule has 0 spiro atoms. The molecule has 1 aromatic heterocycles. The maximum absolute atomic E-state index is 12.4. The number of methoxy groups -OCH3 is 1. The maximum Gasteiger partial charge on any atom is 0.262 e. The van der Waals surface area contributed by atoms with Gasteiger partial charge in [-0.3, -0.25) is 4.79 Å². The molecular weight excluding hydrogens is 286 g/mol. The maximum atomic E-state index is 12.4. The van der Waals surface area contributed by atoms with Crippen molar-refractivity contribution in [1.82, 2.24) is 5.32 Å². The first-order valence-corrected chi connectivity index (χ1v) is 7.66. The molecule has 0 aliphatic heterocycles. The second-order valence-electron chi connectivity index (χ2n) is 4.66. The van der Waals surface area contributed by atoms with Gasteiger partial charge in [0.15, 0.2) is 0 Å². The zero-order valence-corrected chi connectivity index (χ0v) is 12.7. The average molecular weight is 305 g/mol. The molecule has 0 aliphatic carbocycles. The van der Waals surface area contributed by atoms with E-state index in [4.69, 9.17) is 4.74 Å². The Morgan fingerprint density at radius 3 is 2.76 bits per heavy atom. The van der Waals surface area contributed by atoms with Crippen LogP contribution in [-0.4, -0.2) is 24.7 Å².